The fourth-order valence-corrected chi connectivity index (χ4v) is 2.66. The fraction of sp³-hybridized carbons (Fsp3) is 0.235. The average molecular weight is 338 g/mol. The largest absolute Gasteiger partial charge is 0.573 e. The molecule has 0 fully saturated rings. The van der Waals surface area contributed by atoms with Crippen molar-refractivity contribution in [2.24, 2.45) is 0 Å². The first-order valence-corrected chi connectivity index (χ1v) is 7.36. The van der Waals surface area contributed by atoms with Crippen LogP contribution < -0.4 is 4.74 Å². The third kappa shape index (κ3) is 3.50. The Morgan fingerprint density at radius 3 is 2.46 bits per heavy atom. The topological polar surface area (TPSA) is 37.9 Å². The molecule has 24 heavy (non-hydrogen) atoms. The maximum atomic E-state index is 13.3. The van der Waals surface area contributed by atoms with Crippen molar-refractivity contribution in [2.75, 3.05) is 0 Å². The van der Waals surface area contributed by atoms with Crippen LogP contribution in [0.3, 0.4) is 0 Å². The molecule has 1 aromatic heterocycles. The zero-order valence-electron chi connectivity index (χ0n) is 12.7. The predicted octanol–water partition coefficient (Wildman–Crippen LogP) is 5.14. The van der Waals surface area contributed by atoms with Crippen LogP contribution in [0.5, 0.6) is 5.75 Å². The molecule has 126 valence electrons. The number of imidazole rings is 1. The minimum atomic E-state index is -4.71. The molecule has 0 spiro atoms. The molecule has 0 aliphatic heterocycles. The zero-order chi connectivity index (χ0) is 17.3. The first kappa shape index (κ1) is 16.3. The SMILES string of the molecule is CCC(c1ccc(OC(F)(F)F)cc1)c1nc2ccc(F)cc2[nH]1. The Morgan fingerprint density at radius 2 is 1.83 bits per heavy atom. The Morgan fingerprint density at radius 1 is 1.12 bits per heavy atom. The number of hydrogen-bond donors (Lipinski definition) is 1. The van der Waals surface area contributed by atoms with Gasteiger partial charge in [-0.3, -0.25) is 0 Å². The van der Waals surface area contributed by atoms with Crippen LogP contribution >= 0.6 is 0 Å². The zero-order valence-corrected chi connectivity index (χ0v) is 12.7. The first-order chi connectivity index (χ1) is 11.4. The van der Waals surface area contributed by atoms with Gasteiger partial charge in [0.1, 0.15) is 17.4 Å². The average Bonchev–Trinajstić information content (AvgIpc) is 2.91. The molecule has 0 radical (unpaired) electrons. The van der Waals surface area contributed by atoms with Crippen molar-refractivity contribution in [1.82, 2.24) is 9.97 Å². The van der Waals surface area contributed by atoms with Crippen molar-refractivity contribution in [2.45, 2.75) is 25.6 Å². The molecule has 0 amide bonds. The number of alkyl halides is 3. The maximum absolute atomic E-state index is 13.3. The van der Waals surface area contributed by atoms with E-state index in [1.54, 1.807) is 18.2 Å². The normalized spacial score (nSPS) is 13.2. The Hall–Kier alpha value is -2.57. The van der Waals surface area contributed by atoms with Crippen LogP contribution in [0, 0.1) is 5.82 Å². The van der Waals surface area contributed by atoms with Crippen molar-refractivity contribution in [3.63, 3.8) is 0 Å². The van der Waals surface area contributed by atoms with Crippen LogP contribution in [-0.2, 0) is 0 Å². The molecule has 0 bridgehead atoms. The number of nitrogens with one attached hydrogen (secondary N) is 1. The van der Waals surface area contributed by atoms with Crippen LogP contribution in [0.25, 0.3) is 11.0 Å². The molecule has 0 saturated heterocycles. The van der Waals surface area contributed by atoms with Gasteiger partial charge < -0.3 is 9.72 Å². The van der Waals surface area contributed by atoms with E-state index in [0.29, 0.717) is 23.3 Å². The summed E-state index contributed by atoms with van der Waals surface area (Å²) in [7, 11) is 0. The lowest BCUT2D eigenvalue weighted by Gasteiger charge is -2.14. The van der Waals surface area contributed by atoms with Crippen LogP contribution in [0.2, 0.25) is 0 Å². The van der Waals surface area contributed by atoms with Gasteiger partial charge >= 0.3 is 6.36 Å². The van der Waals surface area contributed by atoms with E-state index in [4.69, 9.17) is 0 Å². The van der Waals surface area contributed by atoms with Gasteiger partial charge in [0, 0.05) is 5.92 Å². The number of halogens is 4. The van der Waals surface area contributed by atoms with Gasteiger partial charge in [0.15, 0.2) is 0 Å². The van der Waals surface area contributed by atoms with E-state index in [0.717, 1.165) is 5.56 Å². The van der Waals surface area contributed by atoms with Crippen molar-refractivity contribution in [3.05, 3.63) is 59.7 Å². The molecule has 3 nitrogen and oxygen atoms in total. The van der Waals surface area contributed by atoms with Gasteiger partial charge in [-0.05, 0) is 42.3 Å². The number of rotatable bonds is 4. The second-order valence-electron chi connectivity index (χ2n) is 5.36. The van der Waals surface area contributed by atoms with Crippen LogP contribution in [0.1, 0.15) is 30.7 Å². The van der Waals surface area contributed by atoms with E-state index in [2.05, 4.69) is 14.7 Å². The Labute approximate surface area is 135 Å². The summed E-state index contributed by atoms with van der Waals surface area (Å²) in [5.41, 5.74) is 2.02. The fourth-order valence-electron chi connectivity index (χ4n) is 2.66. The number of H-pyrrole nitrogens is 1. The molecule has 7 heteroatoms. The van der Waals surface area contributed by atoms with E-state index in [1.165, 1.54) is 24.3 Å². The highest BCUT2D eigenvalue weighted by Crippen LogP contribution is 2.30. The quantitative estimate of drug-likeness (QED) is 0.669. The van der Waals surface area contributed by atoms with Crippen LogP contribution in [0.4, 0.5) is 17.6 Å². The molecule has 0 saturated carbocycles. The highest BCUT2D eigenvalue weighted by atomic mass is 19.4. The first-order valence-electron chi connectivity index (χ1n) is 7.36. The summed E-state index contributed by atoms with van der Waals surface area (Å²) in [6, 6.07) is 9.96. The lowest BCUT2D eigenvalue weighted by atomic mass is 9.96. The third-order valence-electron chi connectivity index (χ3n) is 3.72. The number of aromatic amines is 1. The molecule has 1 N–H and O–H groups in total. The van der Waals surface area contributed by atoms with E-state index in [1.807, 2.05) is 6.92 Å². The minimum absolute atomic E-state index is 0.139. The number of fused-ring (bicyclic) bond motifs is 1. The molecule has 1 heterocycles. The van der Waals surface area contributed by atoms with E-state index >= 15 is 0 Å². The molecule has 0 aliphatic rings. The number of hydrogen-bond acceptors (Lipinski definition) is 2. The van der Waals surface area contributed by atoms with Gasteiger partial charge in [-0.2, -0.15) is 0 Å². The van der Waals surface area contributed by atoms with Gasteiger partial charge in [-0.1, -0.05) is 19.1 Å². The molecule has 3 rings (SSSR count). The summed E-state index contributed by atoms with van der Waals surface area (Å²) in [6.07, 6.45) is -4.03. The standard InChI is InChI=1S/C17H14F4N2O/c1-2-13(10-3-6-12(7-4-10)24-17(19,20)21)16-22-14-8-5-11(18)9-15(14)23-16/h3-9,13H,2H2,1H3,(H,22,23). The second kappa shape index (κ2) is 6.14. The summed E-state index contributed by atoms with van der Waals surface area (Å²) in [5.74, 6) is -0.129. The number of nitrogens with zero attached hydrogens (tertiary/aromatic N) is 1. The van der Waals surface area contributed by atoms with Gasteiger partial charge in [-0.15, -0.1) is 13.2 Å². The summed E-state index contributed by atoms with van der Waals surface area (Å²) in [4.78, 5) is 7.53. The molecule has 0 aliphatic carbocycles. The monoisotopic (exact) mass is 338 g/mol. The highest BCUT2D eigenvalue weighted by molar-refractivity contribution is 5.75. The van der Waals surface area contributed by atoms with Gasteiger partial charge in [0.25, 0.3) is 0 Å². The van der Waals surface area contributed by atoms with E-state index < -0.39 is 6.36 Å². The minimum Gasteiger partial charge on any atom is -0.406 e. The van der Waals surface area contributed by atoms with Crippen LogP contribution in [-0.4, -0.2) is 16.3 Å². The molecule has 3 aromatic rings. The number of ether oxygens (including phenoxy) is 1. The van der Waals surface area contributed by atoms with Crippen molar-refractivity contribution < 1.29 is 22.3 Å². The van der Waals surface area contributed by atoms with Gasteiger partial charge in [0.05, 0.1) is 11.0 Å². The summed E-state index contributed by atoms with van der Waals surface area (Å²) >= 11 is 0. The van der Waals surface area contributed by atoms with Crippen molar-refractivity contribution >= 4 is 11.0 Å². The maximum Gasteiger partial charge on any atom is 0.573 e. The van der Waals surface area contributed by atoms with Crippen LogP contribution in [0.15, 0.2) is 42.5 Å². The molecular weight excluding hydrogens is 324 g/mol. The molecule has 1 unspecified atom stereocenters. The lowest BCUT2D eigenvalue weighted by molar-refractivity contribution is -0.274. The summed E-state index contributed by atoms with van der Waals surface area (Å²) in [6.45, 7) is 1.94. The Bertz CT molecular complexity index is 840. The van der Waals surface area contributed by atoms with E-state index in [9.17, 15) is 17.6 Å². The number of aromatic nitrogens is 2. The highest BCUT2D eigenvalue weighted by Gasteiger charge is 2.31. The molecule has 1 atom stereocenters. The van der Waals surface area contributed by atoms with E-state index in [-0.39, 0.29) is 17.5 Å². The molecular formula is C17H14F4N2O. The predicted molar refractivity (Wildman–Crippen MR) is 81.3 cm³/mol. The van der Waals surface area contributed by atoms with Gasteiger partial charge in [-0.25, -0.2) is 9.37 Å². The Kier molecular flexibility index (Phi) is 4.17. The van der Waals surface area contributed by atoms with Gasteiger partial charge in [0.2, 0.25) is 0 Å². The summed E-state index contributed by atoms with van der Waals surface area (Å²) in [5, 5.41) is 0. The Balaban J connectivity index is 1.89. The second-order valence-corrected chi connectivity index (χ2v) is 5.36. The van der Waals surface area contributed by atoms with Crippen molar-refractivity contribution in [3.8, 4) is 5.75 Å². The molecule has 2 aromatic carbocycles. The summed E-state index contributed by atoms with van der Waals surface area (Å²) < 4.78 is 53.8. The lowest BCUT2D eigenvalue weighted by Crippen LogP contribution is -2.17. The number of benzene rings is 2. The smallest absolute Gasteiger partial charge is 0.406 e. The van der Waals surface area contributed by atoms with Crippen molar-refractivity contribution in [1.29, 1.82) is 0 Å². The third-order valence-corrected chi connectivity index (χ3v) is 3.72.